The third kappa shape index (κ3) is 2.69. The van der Waals surface area contributed by atoms with Crippen LogP contribution < -0.4 is 5.32 Å². The lowest BCUT2D eigenvalue weighted by molar-refractivity contribution is 0.232. The van der Waals surface area contributed by atoms with Crippen LogP contribution in [0, 0.1) is 0 Å². The molecule has 1 N–H and O–H groups in total. The van der Waals surface area contributed by atoms with Gasteiger partial charge in [0.2, 0.25) is 0 Å². The minimum absolute atomic E-state index is 0.423. The van der Waals surface area contributed by atoms with Crippen molar-refractivity contribution in [2.75, 3.05) is 32.7 Å². The van der Waals surface area contributed by atoms with E-state index in [1.807, 2.05) is 12.3 Å². The predicted octanol–water partition coefficient (Wildman–Crippen LogP) is 1.46. The second-order valence-corrected chi connectivity index (χ2v) is 5.71. The summed E-state index contributed by atoms with van der Waals surface area (Å²) >= 11 is 0. The van der Waals surface area contributed by atoms with Crippen LogP contribution in [-0.2, 0) is 6.54 Å². The topological polar surface area (TPSA) is 46.0 Å². The first-order valence-electron chi connectivity index (χ1n) is 7.50. The van der Waals surface area contributed by atoms with Crippen LogP contribution in [0.15, 0.2) is 18.3 Å². The van der Waals surface area contributed by atoms with Gasteiger partial charge in [-0.15, -0.1) is 0 Å². The Bertz CT molecular complexity index is 569. The molecule has 0 unspecified atom stereocenters. The number of piperazine rings is 1. The largest absolute Gasteiger partial charge is 0.314 e. The van der Waals surface area contributed by atoms with Gasteiger partial charge in [-0.05, 0) is 12.1 Å². The number of fused-ring (bicyclic) bond motifs is 1. The van der Waals surface area contributed by atoms with E-state index in [0.717, 1.165) is 56.3 Å². The average molecular weight is 273 g/mol. The minimum Gasteiger partial charge on any atom is -0.314 e. The molecule has 2 aromatic rings. The molecule has 0 amide bonds. The summed E-state index contributed by atoms with van der Waals surface area (Å²) in [6, 6.07) is 4.01. The molecule has 20 heavy (non-hydrogen) atoms. The average Bonchev–Trinajstić information content (AvgIpc) is 2.85. The first kappa shape index (κ1) is 13.5. The van der Waals surface area contributed by atoms with E-state index in [-0.39, 0.29) is 0 Å². The van der Waals surface area contributed by atoms with Gasteiger partial charge in [0, 0.05) is 51.4 Å². The van der Waals surface area contributed by atoms with Gasteiger partial charge in [0.15, 0.2) is 5.65 Å². The molecule has 108 valence electrons. The third-order valence-corrected chi connectivity index (χ3v) is 3.90. The molecule has 3 heterocycles. The van der Waals surface area contributed by atoms with Crippen molar-refractivity contribution in [3.63, 3.8) is 0 Å². The number of pyridine rings is 1. The molecule has 0 atom stereocenters. The van der Waals surface area contributed by atoms with Gasteiger partial charge in [-0.2, -0.15) is 0 Å². The molecule has 2 aromatic heterocycles. The molecule has 1 fully saturated rings. The number of hydrogen-bond acceptors (Lipinski definition) is 4. The first-order chi connectivity index (χ1) is 9.75. The van der Waals surface area contributed by atoms with Gasteiger partial charge in [0.05, 0.1) is 0 Å². The lowest BCUT2D eigenvalue weighted by atomic mass is 10.2. The molecule has 1 aliphatic rings. The molecule has 0 radical (unpaired) electrons. The Morgan fingerprint density at radius 2 is 2.05 bits per heavy atom. The number of nitrogens with zero attached hydrogens (tertiary/aromatic N) is 4. The van der Waals surface area contributed by atoms with Gasteiger partial charge in [-0.25, -0.2) is 9.97 Å². The van der Waals surface area contributed by atoms with Crippen molar-refractivity contribution in [1.29, 1.82) is 0 Å². The van der Waals surface area contributed by atoms with E-state index in [1.165, 1.54) is 0 Å². The molecular weight excluding hydrogens is 250 g/mol. The van der Waals surface area contributed by atoms with E-state index in [4.69, 9.17) is 4.98 Å². The van der Waals surface area contributed by atoms with E-state index in [0.29, 0.717) is 5.92 Å². The Morgan fingerprint density at radius 3 is 2.80 bits per heavy atom. The molecule has 0 aliphatic carbocycles. The highest BCUT2D eigenvalue weighted by Gasteiger charge is 2.16. The normalized spacial score (nSPS) is 17.1. The van der Waals surface area contributed by atoms with Gasteiger partial charge in [-0.3, -0.25) is 4.90 Å². The zero-order chi connectivity index (χ0) is 13.9. The maximum atomic E-state index is 4.75. The second-order valence-electron chi connectivity index (χ2n) is 5.71. The Balaban J connectivity index is 1.83. The first-order valence-corrected chi connectivity index (χ1v) is 7.50. The summed E-state index contributed by atoms with van der Waals surface area (Å²) in [6.07, 6.45) is 1.86. The van der Waals surface area contributed by atoms with Crippen molar-refractivity contribution in [2.45, 2.75) is 26.3 Å². The highest BCUT2D eigenvalue weighted by atomic mass is 15.2. The minimum atomic E-state index is 0.423. The molecule has 5 heteroatoms. The fourth-order valence-corrected chi connectivity index (χ4v) is 2.81. The number of rotatable bonds is 4. The number of imidazole rings is 1. The van der Waals surface area contributed by atoms with Crippen LogP contribution in [-0.4, -0.2) is 52.2 Å². The number of aromatic nitrogens is 3. The zero-order valence-electron chi connectivity index (χ0n) is 12.3. The maximum absolute atomic E-state index is 4.75. The summed E-state index contributed by atoms with van der Waals surface area (Å²) in [5, 5.41) is 3.39. The van der Waals surface area contributed by atoms with Crippen molar-refractivity contribution in [1.82, 2.24) is 24.8 Å². The van der Waals surface area contributed by atoms with E-state index in [2.05, 4.69) is 39.7 Å². The van der Waals surface area contributed by atoms with Crippen molar-refractivity contribution in [3.8, 4) is 0 Å². The Labute approximate surface area is 120 Å². The number of hydrogen-bond donors (Lipinski definition) is 1. The molecule has 0 spiro atoms. The van der Waals surface area contributed by atoms with E-state index in [1.54, 1.807) is 0 Å². The van der Waals surface area contributed by atoms with Crippen LogP contribution in [0.4, 0.5) is 0 Å². The molecule has 1 aliphatic heterocycles. The molecule has 5 nitrogen and oxygen atoms in total. The van der Waals surface area contributed by atoms with Gasteiger partial charge < -0.3 is 9.88 Å². The SMILES string of the molecule is CC(C)c1nc2cccnc2n1CCN1CCNCC1. The standard InChI is InChI=1S/C15H23N5/c1-12(2)14-18-13-4-3-5-17-15(13)20(14)11-10-19-8-6-16-7-9-19/h3-5,12,16H,6-11H2,1-2H3. The van der Waals surface area contributed by atoms with Crippen LogP contribution in [0.3, 0.4) is 0 Å². The second kappa shape index (κ2) is 5.89. The zero-order valence-corrected chi connectivity index (χ0v) is 12.3. The molecule has 0 saturated carbocycles. The lowest BCUT2D eigenvalue weighted by Crippen LogP contribution is -2.44. The van der Waals surface area contributed by atoms with E-state index >= 15 is 0 Å². The van der Waals surface area contributed by atoms with Crippen LogP contribution in [0.25, 0.3) is 11.2 Å². The summed E-state index contributed by atoms with van der Waals surface area (Å²) in [7, 11) is 0. The quantitative estimate of drug-likeness (QED) is 0.916. The predicted molar refractivity (Wildman–Crippen MR) is 80.9 cm³/mol. The Kier molecular flexibility index (Phi) is 3.98. The van der Waals surface area contributed by atoms with Crippen LogP contribution >= 0.6 is 0 Å². The summed E-state index contributed by atoms with van der Waals surface area (Å²) in [5.74, 6) is 1.57. The van der Waals surface area contributed by atoms with Crippen molar-refractivity contribution < 1.29 is 0 Å². The molecule has 1 saturated heterocycles. The monoisotopic (exact) mass is 273 g/mol. The van der Waals surface area contributed by atoms with Crippen molar-refractivity contribution in [3.05, 3.63) is 24.2 Å². The highest BCUT2D eigenvalue weighted by Crippen LogP contribution is 2.20. The van der Waals surface area contributed by atoms with Crippen LogP contribution in [0.5, 0.6) is 0 Å². The van der Waals surface area contributed by atoms with Gasteiger partial charge in [-0.1, -0.05) is 13.8 Å². The summed E-state index contributed by atoms with van der Waals surface area (Å²) in [4.78, 5) is 11.8. The van der Waals surface area contributed by atoms with Gasteiger partial charge in [0.1, 0.15) is 11.3 Å². The van der Waals surface area contributed by atoms with Crippen LogP contribution in [0.2, 0.25) is 0 Å². The van der Waals surface area contributed by atoms with Gasteiger partial charge >= 0.3 is 0 Å². The Morgan fingerprint density at radius 1 is 1.25 bits per heavy atom. The fraction of sp³-hybridized carbons (Fsp3) is 0.600. The summed E-state index contributed by atoms with van der Waals surface area (Å²) in [5.41, 5.74) is 2.03. The fourth-order valence-electron chi connectivity index (χ4n) is 2.81. The maximum Gasteiger partial charge on any atom is 0.160 e. The van der Waals surface area contributed by atoms with Gasteiger partial charge in [0.25, 0.3) is 0 Å². The van der Waals surface area contributed by atoms with E-state index in [9.17, 15) is 0 Å². The third-order valence-electron chi connectivity index (χ3n) is 3.90. The van der Waals surface area contributed by atoms with Crippen LogP contribution in [0.1, 0.15) is 25.6 Å². The molecule has 3 rings (SSSR count). The molecule has 0 aromatic carbocycles. The van der Waals surface area contributed by atoms with E-state index < -0.39 is 0 Å². The van der Waals surface area contributed by atoms with Crippen molar-refractivity contribution >= 4 is 11.2 Å². The Hall–Kier alpha value is -1.46. The number of nitrogens with one attached hydrogen (secondary N) is 1. The molecular formula is C15H23N5. The highest BCUT2D eigenvalue weighted by molar-refractivity contribution is 5.71. The smallest absolute Gasteiger partial charge is 0.160 e. The summed E-state index contributed by atoms with van der Waals surface area (Å²) < 4.78 is 2.29. The summed E-state index contributed by atoms with van der Waals surface area (Å²) in [6.45, 7) is 10.9. The van der Waals surface area contributed by atoms with Crippen molar-refractivity contribution in [2.24, 2.45) is 0 Å². The lowest BCUT2D eigenvalue weighted by Gasteiger charge is -2.27. The molecule has 0 bridgehead atoms.